The van der Waals surface area contributed by atoms with E-state index in [-0.39, 0.29) is 13.0 Å². The van der Waals surface area contributed by atoms with E-state index in [1.165, 1.54) is 5.56 Å². The second kappa shape index (κ2) is 8.97. The summed E-state index contributed by atoms with van der Waals surface area (Å²) in [5, 5.41) is 23.5. The van der Waals surface area contributed by atoms with Crippen LogP contribution in [0.3, 0.4) is 0 Å². The molecule has 1 atom stereocenters. The van der Waals surface area contributed by atoms with E-state index in [1.54, 1.807) is 0 Å². The Morgan fingerprint density at radius 1 is 1.19 bits per heavy atom. The van der Waals surface area contributed by atoms with Gasteiger partial charge in [0, 0.05) is 19.5 Å². The molecule has 21 heavy (non-hydrogen) atoms. The van der Waals surface area contributed by atoms with Crippen molar-refractivity contribution in [3.8, 4) is 0 Å². The number of rotatable bonds is 8. The normalized spacial score (nSPS) is 11.7. The molecular weight excluding hydrogens is 272 g/mol. The van der Waals surface area contributed by atoms with Gasteiger partial charge in [-0.25, -0.2) is 4.79 Å². The third-order valence-corrected chi connectivity index (χ3v) is 3.08. The van der Waals surface area contributed by atoms with Crippen molar-refractivity contribution >= 4 is 12.0 Å². The summed E-state index contributed by atoms with van der Waals surface area (Å²) < 4.78 is 0. The van der Waals surface area contributed by atoms with Crippen molar-refractivity contribution in [1.29, 1.82) is 0 Å². The molecule has 0 aliphatic heterocycles. The summed E-state index contributed by atoms with van der Waals surface area (Å²) in [6.45, 7) is 2.46. The molecule has 0 aliphatic carbocycles. The third-order valence-electron chi connectivity index (χ3n) is 3.08. The number of hydrogen-bond donors (Lipinski definition) is 4. The lowest BCUT2D eigenvalue weighted by atomic mass is 10.1. The Morgan fingerprint density at radius 2 is 1.86 bits per heavy atom. The van der Waals surface area contributed by atoms with Crippen molar-refractivity contribution in [3.63, 3.8) is 0 Å². The van der Waals surface area contributed by atoms with Gasteiger partial charge >= 0.3 is 12.0 Å². The van der Waals surface area contributed by atoms with E-state index >= 15 is 0 Å². The van der Waals surface area contributed by atoms with Gasteiger partial charge in [0.1, 0.15) is 0 Å². The highest BCUT2D eigenvalue weighted by Gasteiger charge is 2.09. The number of amides is 2. The molecule has 2 amide bonds. The van der Waals surface area contributed by atoms with Crippen LogP contribution in [-0.2, 0) is 11.2 Å². The molecular formula is C15H22N2O4. The largest absolute Gasteiger partial charge is 0.481 e. The number of aliphatic hydroxyl groups is 1. The molecule has 6 nitrogen and oxygen atoms in total. The van der Waals surface area contributed by atoms with Crippen LogP contribution in [0.4, 0.5) is 4.79 Å². The van der Waals surface area contributed by atoms with E-state index in [9.17, 15) is 14.7 Å². The topological polar surface area (TPSA) is 98.7 Å². The molecule has 0 fully saturated rings. The van der Waals surface area contributed by atoms with Gasteiger partial charge < -0.3 is 20.8 Å². The van der Waals surface area contributed by atoms with Crippen molar-refractivity contribution in [3.05, 3.63) is 35.4 Å². The number of carboxylic acids is 1. The van der Waals surface area contributed by atoms with Gasteiger partial charge in [0.15, 0.2) is 0 Å². The minimum absolute atomic E-state index is 0.0205. The molecule has 1 unspecified atom stereocenters. The zero-order valence-corrected chi connectivity index (χ0v) is 12.1. The first kappa shape index (κ1) is 17.0. The van der Waals surface area contributed by atoms with E-state index in [1.807, 2.05) is 24.3 Å². The smallest absolute Gasteiger partial charge is 0.314 e. The maximum atomic E-state index is 11.4. The van der Waals surface area contributed by atoms with E-state index < -0.39 is 18.1 Å². The summed E-state index contributed by atoms with van der Waals surface area (Å²) in [6.07, 6.45) is 0.574. The Hall–Kier alpha value is -2.08. The lowest BCUT2D eigenvalue weighted by Crippen LogP contribution is -2.38. The summed E-state index contributed by atoms with van der Waals surface area (Å²) in [4.78, 5) is 21.7. The van der Waals surface area contributed by atoms with Crippen molar-refractivity contribution in [1.82, 2.24) is 10.6 Å². The number of urea groups is 1. The van der Waals surface area contributed by atoms with Crippen LogP contribution in [0.5, 0.6) is 0 Å². The first-order chi connectivity index (χ1) is 10.0. The summed E-state index contributed by atoms with van der Waals surface area (Å²) in [5.41, 5.74) is 1.94. The number of nitrogens with one attached hydrogen (secondary N) is 2. The molecule has 0 bridgehead atoms. The van der Waals surface area contributed by atoms with Gasteiger partial charge in [-0.05, 0) is 24.0 Å². The number of aryl methyl sites for hydroxylation is 1. The number of aliphatic hydroxyl groups excluding tert-OH is 1. The molecule has 0 radical (unpaired) electrons. The average molecular weight is 294 g/mol. The molecule has 0 aliphatic rings. The van der Waals surface area contributed by atoms with E-state index in [4.69, 9.17) is 5.11 Å². The van der Waals surface area contributed by atoms with Crippen molar-refractivity contribution in [2.24, 2.45) is 0 Å². The number of carbonyl (C=O) groups is 2. The molecule has 0 saturated carbocycles. The fraction of sp³-hybridized carbons (Fsp3) is 0.467. The highest BCUT2D eigenvalue weighted by Crippen LogP contribution is 2.13. The lowest BCUT2D eigenvalue weighted by Gasteiger charge is -2.13. The molecule has 0 saturated heterocycles. The number of hydrogen-bond acceptors (Lipinski definition) is 3. The maximum absolute atomic E-state index is 11.4. The zero-order chi connectivity index (χ0) is 15.7. The van der Waals surface area contributed by atoms with Crippen LogP contribution in [0, 0.1) is 0 Å². The minimum Gasteiger partial charge on any atom is -0.481 e. The Balaban J connectivity index is 2.26. The zero-order valence-electron chi connectivity index (χ0n) is 12.1. The highest BCUT2D eigenvalue weighted by molar-refractivity contribution is 5.74. The summed E-state index contributed by atoms with van der Waals surface area (Å²) in [5.74, 6) is -0.886. The minimum atomic E-state index is -0.886. The van der Waals surface area contributed by atoms with Crippen LogP contribution in [0.25, 0.3) is 0 Å². The van der Waals surface area contributed by atoms with Gasteiger partial charge in [-0.1, -0.05) is 31.2 Å². The van der Waals surface area contributed by atoms with Crippen molar-refractivity contribution < 1.29 is 19.8 Å². The fourth-order valence-electron chi connectivity index (χ4n) is 1.79. The van der Waals surface area contributed by atoms with Gasteiger partial charge in [-0.15, -0.1) is 0 Å². The molecule has 0 aromatic heterocycles. The predicted octanol–water partition coefficient (Wildman–Crippen LogP) is 1.45. The summed E-state index contributed by atoms with van der Waals surface area (Å²) in [6, 6.07) is 7.17. The second-order valence-corrected chi connectivity index (χ2v) is 4.75. The molecule has 0 spiro atoms. The maximum Gasteiger partial charge on any atom is 0.314 e. The Bertz CT molecular complexity index is 459. The van der Waals surface area contributed by atoms with Gasteiger partial charge in [0.2, 0.25) is 0 Å². The average Bonchev–Trinajstić information content (AvgIpc) is 2.49. The highest BCUT2D eigenvalue weighted by atomic mass is 16.4. The molecule has 0 heterocycles. The van der Waals surface area contributed by atoms with Crippen molar-refractivity contribution in [2.45, 2.75) is 32.3 Å². The SMILES string of the molecule is CCc1ccc(C(O)CNC(=O)NCCCC(=O)O)cc1. The summed E-state index contributed by atoms with van der Waals surface area (Å²) >= 11 is 0. The van der Waals surface area contributed by atoms with Crippen LogP contribution in [-0.4, -0.2) is 35.3 Å². The number of aliphatic carboxylic acids is 1. The standard InChI is InChI=1S/C15H22N2O4/c1-2-11-5-7-12(8-6-11)13(18)10-17-15(21)16-9-3-4-14(19)20/h5-8,13,18H,2-4,9-10H2,1H3,(H,19,20)(H2,16,17,21). The molecule has 116 valence electrons. The molecule has 6 heteroatoms. The first-order valence-corrected chi connectivity index (χ1v) is 7.03. The summed E-state index contributed by atoms with van der Waals surface area (Å²) in [7, 11) is 0. The van der Waals surface area contributed by atoms with Gasteiger partial charge in [-0.3, -0.25) is 4.79 Å². The van der Waals surface area contributed by atoms with E-state index in [0.717, 1.165) is 12.0 Å². The lowest BCUT2D eigenvalue weighted by molar-refractivity contribution is -0.137. The Morgan fingerprint density at radius 3 is 2.43 bits per heavy atom. The predicted molar refractivity (Wildman–Crippen MR) is 79.1 cm³/mol. The monoisotopic (exact) mass is 294 g/mol. The van der Waals surface area contributed by atoms with Gasteiger partial charge in [0.25, 0.3) is 0 Å². The van der Waals surface area contributed by atoms with Crippen LogP contribution >= 0.6 is 0 Å². The van der Waals surface area contributed by atoms with Crippen LogP contribution in [0.1, 0.15) is 37.0 Å². The number of carbonyl (C=O) groups excluding carboxylic acids is 1. The Labute approximate surface area is 124 Å². The molecule has 1 rings (SSSR count). The quantitative estimate of drug-likeness (QED) is 0.545. The van der Waals surface area contributed by atoms with Gasteiger partial charge in [-0.2, -0.15) is 0 Å². The van der Waals surface area contributed by atoms with Crippen molar-refractivity contribution in [2.75, 3.05) is 13.1 Å². The van der Waals surface area contributed by atoms with E-state index in [2.05, 4.69) is 17.6 Å². The molecule has 1 aromatic rings. The van der Waals surface area contributed by atoms with Crippen LogP contribution in [0.2, 0.25) is 0 Å². The number of benzene rings is 1. The molecule has 4 N–H and O–H groups in total. The molecule has 1 aromatic carbocycles. The number of carboxylic acid groups (broad SMARTS) is 1. The fourth-order valence-corrected chi connectivity index (χ4v) is 1.79. The third kappa shape index (κ3) is 6.76. The first-order valence-electron chi connectivity index (χ1n) is 7.03. The van der Waals surface area contributed by atoms with Crippen LogP contribution < -0.4 is 10.6 Å². The van der Waals surface area contributed by atoms with Crippen LogP contribution in [0.15, 0.2) is 24.3 Å². The Kier molecular flexibility index (Phi) is 7.25. The second-order valence-electron chi connectivity index (χ2n) is 4.75. The van der Waals surface area contributed by atoms with E-state index in [0.29, 0.717) is 13.0 Å². The van der Waals surface area contributed by atoms with Gasteiger partial charge in [0.05, 0.1) is 6.10 Å².